The van der Waals surface area contributed by atoms with Crippen molar-refractivity contribution in [2.75, 3.05) is 5.73 Å². The van der Waals surface area contributed by atoms with Crippen molar-refractivity contribution in [2.24, 2.45) is 0 Å². The molecule has 0 atom stereocenters. The highest BCUT2D eigenvalue weighted by Gasteiger charge is 2.09. The zero-order valence-electron chi connectivity index (χ0n) is 6.83. The molecule has 0 aliphatic heterocycles. The molecule has 0 saturated heterocycles. The number of carboxylic acid groups (broad SMARTS) is 1. The molecule has 2 aromatic rings. The lowest BCUT2D eigenvalue weighted by Gasteiger charge is -1.97. The van der Waals surface area contributed by atoms with E-state index in [2.05, 4.69) is 15.0 Å². The fourth-order valence-electron chi connectivity index (χ4n) is 1.22. The number of hydrogen-bond acceptors (Lipinski definition) is 5. The van der Waals surface area contributed by atoms with Crippen LogP contribution in [0.25, 0.3) is 11.0 Å². The molecule has 7 heteroatoms. The number of anilines is 1. The van der Waals surface area contributed by atoms with Gasteiger partial charge in [0.2, 0.25) is 5.95 Å². The molecular weight excluding hydrogens is 188 g/mol. The Morgan fingerprint density at radius 1 is 1.57 bits per heavy atom. The number of carbonyl (C=O) groups excluding carboxylic acids is 1. The summed E-state index contributed by atoms with van der Waals surface area (Å²) in [6, 6.07) is 0. The summed E-state index contributed by atoms with van der Waals surface area (Å²) < 4.78 is 0. The zero-order chi connectivity index (χ0) is 10.3. The van der Waals surface area contributed by atoms with E-state index in [1.807, 2.05) is 0 Å². The Bertz CT molecular complexity index is 568. The van der Waals surface area contributed by atoms with Gasteiger partial charge >= 0.3 is 0 Å². The van der Waals surface area contributed by atoms with E-state index in [1.54, 1.807) is 0 Å². The predicted octanol–water partition coefficient (Wildman–Crippen LogP) is -1.80. The Hall–Kier alpha value is -2.31. The molecule has 2 heterocycles. The van der Waals surface area contributed by atoms with Crippen molar-refractivity contribution in [3.63, 3.8) is 0 Å². The molecule has 0 unspecified atom stereocenters. The number of carbonyl (C=O) groups is 1. The minimum Gasteiger partial charge on any atom is -0.545 e. The van der Waals surface area contributed by atoms with Gasteiger partial charge in [-0.3, -0.25) is 9.78 Å². The van der Waals surface area contributed by atoms with Gasteiger partial charge in [0, 0.05) is 11.8 Å². The molecule has 72 valence electrons. The third-order valence-electron chi connectivity index (χ3n) is 1.78. The average Bonchev–Trinajstić information content (AvgIpc) is 2.47. The number of carboxylic acids is 1. The van der Waals surface area contributed by atoms with E-state index in [-0.39, 0.29) is 22.5 Å². The van der Waals surface area contributed by atoms with Gasteiger partial charge in [0.1, 0.15) is 5.65 Å². The Labute approximate surface area is 76.6 Å². The minimum atomic E-state index is -1.44. The van der Waals surface area contributed by atoms with E-state index in [0.717, 1.165) is 6.20 Å². The lowest BCUT2D eigenvalue weighted by Crippen LogP contribution is -2.23. The quantitative estimate of drug-likeness (QED) is 0.492. The van der Waals surface area contributed by atoms with Crippen molar-refractivity contribution < 1.29 is 9.90 Å². The molecule has 0 aliphatic carbocycles. The van der Waals surface area contributed by atoms with Crippen molar-refractivity contribution in [3.8, 4) is 0 Å². The number of nitrogens with one attached hydrogen (secondary N) is 2. The zero-order valence-corrected chi connectivity index (χ0v) is 6.83. The van der Waals surface area contributed by atoms with Crippen molar-refractivity contribution >= 4 is 23.0 Å². The van der Waals surface area contributed by atoms with Crippen LogP contribution >= 0.6 is 0 Å². The largest absolute Gasteiger partial charge is 0.545 e. The average molecular weight is 193 g/mol. The number of rotatable bonds is 1. The standard InChI is InChI=1S/C7H6N4O3/c8-7-10-4-3(5(12)11-7)2(1-9-4)6(13)14/h1H,(H,13,14)(H4,8,9,10,11,12)/p-1. The molecule has 0 aromatic carbocycles. The van der Waals surface area contributed by atoms with Gasteiger partial charge in [-0.15, -0.1) is 0 Å². The molecule has 0 spiro atoms. The second kappa shape index (κ2) is 2.59. The summed E-state index contributed by atoms with van der Waals surface area (Å²) in [7, 11) is 0. The molecule has 0 amide bonds. The Morgan fingerprint density at radius 2 is 2.29 bits per heavy atom. The van der Waals surface area contributed by atoms with Crippen LogP contribution in [0.2, 0.25) is 0 Å². The Morgan fingerprint density at radius 3 is 2.93 bits per heavy atom. The van der Waals surface area contributed by atoms with E-state index in [0.29, 0.717) is 0 Å². The smallest absolute Gasteiger partial charge is 0.262 e. The van der Waals surface area contributed by atoms with E-state index in [9.17, 15) is 14.7 Å². The highest BCUT2D eigenvalue weighted by Crippen LogP contribution is 2.10. The van der Waals surface area contributed by atoms with Crippen molar-refractivity contribution in [1.29, 1.82) is 0 Å². The summed E-state index contributed by atoms with van der Waals surface area (Å²) in [5.74, 6) is -1.51. The molecule has 7 nitrogen and oxygen atoms in total. The first-order valence-corrected chi connectivity index (χ1v) is 3.68. The summed E-state index contributed by atoms with van der Waals surface area (Å²) in [6.07, 6.45) is 1.14. The van der Waals surface area contributed by atoms with Crippen LogP contribution in [0.15, 0.2) is 11.0 Å². The maximum Gasteiger partial charge on any atom is 0.262 e. The normalized spacial score (nSPS) is 10.6. The van der Waals surface area contributed by atoms with Crippen LogP contribution in [0, 0.1) is 0 Å². The van der Waals surface area contributed by atoms with Crippen LogP contribution in [-0.4, -0.2) is 20.9 Å². The first-order chi connectivity index (χ1) is 6.59. The molecule has 14 heavy (non-hydrogen) atoms. The predicted molar refractivity (Wildman–Crippen MR) is 45.5 cm³/mol. The van der Waals surface area contributed by atoms with Crippen molar-refractivity contribution in [3.05, 3.63) is 22.1 Å². The van der Waals surface area contributed by atoms with Gasteiger partial charge in [-0.25, -0.2) is 0 Å². The van der Waals surface area contributed by atoms with Crippen molar-refractivity contribution in [1.82, 2.24) is 15.0 Å². The fraction of sp³-hybridized carbons (Fsp3) is 0. The SMILES string of the molecule is Nc1nc2[nH]cc(C(=O)[O-])c2c(=O)[nH]1. The third kappa shape index (κ3) is 1.03. The van der Waals surface area contributed by atoms with Crippen LogP contribution in [0.4, 0.5) is 5.95 Å². The highest BCUT2D eigenvalue weighted by atomic mass is 16.4. The molecule has 4 N–H and O–H groups in total. The number of H-pyrrole nitrogens is 2. The van der Waals surface area contributed by atoms with E-state index in [1.165, 1.54) is 0 Å². The van der Waals surface area contributed by atoms with Crippen LogP contribution in [0.1, 0.15) is 10.4 Å². The van der Waals surface area contributed by atoms with Gasteiger partial charge in [-0.2, -0.15) is 4.98 Å². The van der Waals surface area contributed by atoms with Gasteiger partial charge < -0.3 is 20.6 Å². The second-order valence-corrected chi connectivity index (χ2v) is 2.66. The van der Waals surface area contributed by atoms with Crippen LogP contribution in [0.5, 0.6) is 0 Å². The molecule has 0 aliphatic rings. The fourth-order valence-corrected chi connectivity index (χ4v) is 1.22. The minimum absolute atomic E-state index is 0.0563. The van der Waals surface area contributed by atoms with E-state index in [4.69, 9.17) is 5.73 Å². The summed E-state index contributed by atoms with van der Waals surface area (Å²) >= 11 is 0. The van der Waals surface area contributed by atoms with E-state index >= 15 is 0 Å². The maximum atomic E-state index is 11.3. The van der Waals surface area contributed by atoms with Gasteiger partial charge in [0.15, 0.2) is 0 Å². The van der Waals surface area contributed by atoms with Crippen LogP contribution in [-0.2, 0) is 0 Å². The number of nitrogen functional groups attached to an aromatic ring is 1. The topological polar surface area (TPSA) is 128 Å². The molecule has 2 rings (SSSR count). The van der Waals surface area contributed by atoms with Crippen LogP contribution < -0.4 is 16.4 Å². The van der Waals surface area contributed by atoms with Crippen molar-refractivity contribution in [2.45, 2.75) is 0 Å². The molecular formula is C7H5N4O3-. The number of nitrogens with two attached hydrogens (primary N) is 1. The van der Waals surface area contributed by atoms with E-state index < -0.39 is 11.5 Å². The first kappa shape index (κ1) is 8.30. The highest BCUT2D eigenvalue weighted by molar-refractivity contribution is 6.00. The molecule has 0 saturated carbocycles. The number of fused-ring (bicyclic) bond motifs is 1. The van der Waals surface area contributed by atoms with Gasteiger partial charge in [-0.05, 0) is 0 Å². The third-order valence-corrected chi connectivity index (χ3v) is 1.78. The number of aromatic amines is 2. The van der Waals surface area contributed by atoms with Crippen LogP contribution in [0.3, 0.4) is 0 Å². The maximum absolute atomic E-state index is 11.3. The molecule has 0 radical (unpaired) electrons. The number of aromatic carboxylic acids is 1. The van der Waals surface area contributed by atoms with Gasteiger partial charge in [0.25, 0.3) is 5.56 Å². The summed E-state index contributed by atoms with van der Waals surface area (Å²) in [5, 5.41) is 10.5. The molecule has 0 fully saturated rings. The number of nitrogens with zero attached hydrogens (tertiary/aromatic N) is 1. The monoisotopic (exact) mass is 193 g/mol. The first-order valence-electron chi connectivity index (χ1n) is 3.68. The number of aromatic nitrogens is 3. The summed E-state index contributed by atoms with van der Waals surface area (Å²) in [6.45, 7) is 0. The van der Waals surface area contributed by atoms with Gasteiger partial charge in [-0.1, -0.05) is 0 Å². The lowest BCUT2D eigenvalue weighted by molar-refractivity contribution is -0.254. The lowest BCUT2D eigenvalue weighted by atomic mass is 10.2. The molecule has 2 aromatic heterocycles. The second-order valence-electron chi connectivity index (χ2n) is 2.66. The molecule has 0 bridgehead atoms. The Balaban J connectivity index is 2.93. The summed E-state index contributed by atoms with van der Waals surface area (Å²) in [4.78, 5) is 30.3. The Kier molecular flexibility index (Phi) is 1.53. The number of hydrogen-bond donors (Lipinski definition) is 3. The van der Waals surface area contributed by atoms with Gasteiger partial charge in [0.05, 0.1) is 11.4 Å². The summed E-state index contributed by atoms with van der Waals surface area (Å²) in [5.41, 5.74) is 4.56.